The molecule has 0 saturated carbocycles. The van der Waals surface area contributed by atoms with E-state index in [0.717, 1.165) is 19.3 Å². The van der Waals surface area contributed by atoms with Crippen LogP contribution in [0.15, 0.2) is 18.2 Å². The first-order valence-electron chi connectivity index (χ1n) is 8.71. The van der Waals surface area contributed by atoms with E-state index in [1.165, 1.54) is 55.2 Å². The van der Waals surface area contributed by atoms with Crippen LogP contribution in [0.25, 0.3) is 0 Å². The van der Waals surface area contributed by atoms with E-state index in [0.29, 0.717) is 0 Å². The fourth-order valence-corrected chi connectivity index (χ4v) is 3.43. The van der Waals surface area contributed by atoms with Gasteiger partial charge in [-0.2, -0.15) is 0 Å². The van der Waals surface area contributed by atoms with Crippen molar-refractivity contribution in [1.82, 2.24) is 0 Å². The molecule has 22 heavy (non-hydrogen) atoms. The number of carbonyl (C=O) groups is 1. The Morgan fingerprint density at radius 2 is 1.86 bits per heavy atom. The molecule has 1 aliphatic carbocycles. The van der Waals surface area contributed by atoms with Crippen molar-refractivity contribution in [3.05, 3.63) is 34.9 Å². The number of carboxylic acids is 1. The summed E-state index contributed by atoms with van der Waals surface area (Å²) in [5.74, 6) is -0.832. The Labute approximate surface area is 133 Å². The summed E-state index contributed by atoms with van der Waals surface area (Å²) in [4.78, 5) is 11.0. The molecule has 0 fully saturated rings. The fourth-order valence-electron chi connectivity index (χ4n) is 3.43. The molecule has 0 bridgehead atoms. The number of unbranched alkanes of at least 4 members (excludes halogenated alkanes) is 5. The molecular formula is C19H29NO2. The maximum absolute atomic E-state index is 11.0. The monoisotopic (exact) mass is 303 g/mol. The molecule has 2 rings (SSSR count). The number of rotatable bonds is 9. The summed E-state index contributed by atoms with van der Waals surface area (Å²) in [5, 5.41) is 9.06. The van der Waals surface area contributed by atoms with E-state index >= 15 is 0 Å². The SMILES string of the molecule is CCCCCCCCc1ccc2c(c1)CC(C(N)C(=O)O)C2. The van der Waals surface area contributed by atoms with Crippen molar-refractivity contribution in [2.45, 2.75) is 70.8 Å². The van der Waals surface area contributed by atoms with Crippen molar-refractivity contribution < 1.29 is 9.90 Å². The molecule has 0 aromatic heterocycles. The summed E-state index contributed by atoms with van der Waals surface area (Å²) >= 11 is 0. The lowest BCUT2D eigenvalue weighted by Crippen LogP contribution is -2.38. The fraction of sp³-hybridized carbons (Fsp3) is 0.632. The van der Waals surface area contributed by atoms with Crippen molar-refractivity contribution in [3.8, 4) is 0 Å². The topological polar surface area (TPSA) is 63.3 Å². The molecule has 2 unspecified atom stereocenters. The molecule has 0 aliphatic heterocycles. The lowest BCUT2D eigenvalue weighted by Gasteiger charge is -2.13. The average molecular weight is 303 g/mol. The van der Waals surface area contributed by atoms with Crippen LogP contribution in [0.3, 0.4) is 0 Å². The molecule has 122 valence electrons. The van der Waals surface area contributed by atoms with Crippen molar-refractivity contribution in [1.29, 1.82) is 0 Å². The van der Waals surface area contributed by atoms with Crippen LogP contribution in [0.1, 0.15) is 62.1 Å². The largest absolute Gasteiger partial charge is 0.480 e. The minimum Gasteiger partial charge on any atom is -0.480 e. The normalized spacial score (nSPS) is 18.2. The predicted octanol–water partition coefficient (Wildman–Crippen LogP) is 3.72. The van der Waals surface area contributed by atoms with Crippen LogP contribution >= 0.6 is 0 Å². The molecule has 1 aliphatic rings. The zero-order valence-electron chi connectivity index (χ0n) is 13.7. The van der Waals surface area contributed by atoms with E-state index in [1.54, 1.807) is 0 Å². The smallest absolute Gasteiger partial charge is 0.320 e. The van der Waals surface area contributed by atoms with Gasteiger partial charge >= 0.3 is 5.97 Å². The van der Waals surface area contributed by atoms with Crippen molar-refractivity contribution in [2.24, 2.45) is 11.7 Å². The number of hydrogen-bond donors (Lipinski definition) is 2. The van der Waals surface area contributed by atoms with E-state index in [2.05, 4.69) is 25.1 Å². The van der Waals surface area contributed by atoms with Crippen LogP contribution in [0.4, 0.5) is 0 Å². The first-order valence-corrected chi connectivity index (χ1v) is 8.71. The van der Waals surface area contributed by atoms with Gasteiger partial charge in [0.2, 0.25) is 0 Å². The quantitative estimate of drug-likeness (QED) is 0.683. The summed E-state index contributed by atoms with van der Waals surface area (Å²) in [6.07, 6.45) is 10.7. The Kier molecular flexibility index (Phi) is 6.44. The van der Waals surface area contributed by atoms with Gasteiger partial charge in [-0.3, -0.25) is 4.79 Å². The Balaban J connectivity index is 1.81. The molecule has 0 heterocycles. The second-order valence-corrected chi connectivity index (χ2v) is 6.65. The Bertz CT molecular complexity index is 498. The number of fused-ring (bicyclic) bond motifs is 1. The van der Waals surface area contributed by atoms with Gasteiger partial charge in [0.15, 0.2) is 0 Å². The number of aryl methyl sites for hydroxylation is 1. The molecule has 0 amide bonds. The molecule has 0 spiro atoms. The van der Waals surface area contributed by atoms with Gasteiger partial charge in [-0.15, -0.1) is 0 Å². The highest BCUT2D eigenvalue weighted by Gasteiger charge is 2.30. The number of carboxylic acid groups (broad SMARTS) is 1. The summed E-state index contributed by atoms with van der Waals surface area (Å²) in [5.41, 5.74) is 9.76. The van der Waals surface area contributed by atoms with E-state index in [4.69, 9.17) is 10.8 Å². The van der Waals surface area contributed by atoms with Gasteiger partial charge in [0, 0.05) is 0 Å². The minimum absolute atomic E-state index is 0.0526. The van der Waals surface area contributed by atoms with E-state index in [1.807, 2.05) is 0 Å². The van der Waals surface area contributed by atoms with Gasteiger partial charge in [-0.1, -0.05) is 57.2 Å². The predicted molar refractivity (Wildman–Crippen MR) is 90.0 cm³/mol. The second kappa shape index (κ2) is 8.33. The lowest BCUT2D eigenvalue weighted by molar-refractivity contribution is -0.139. The van der Waals surface area contributed by atoms with Crippen LogP contribution in [-0.4, -0.2) is 17.1 Å². The van der Waals surface area contributed by atoms with Gasteiger partial charge in [0.25, 0.3) is 0 Å². The molecule has 3 heteroatoms. The standard InChI is InChI=1S/C19H29NO2/c1-2-3-4-5-6-7-8-14-9-10-15-12-17(13-16(15)11-14)18(20)19(21)22/h9-11,17-18H,2-8,12-13,20H2,1H3,(H,21,22). The first-order chi connectivity index (χ1) is 10.6. The lowest BCUT2D eigenvalue weighted by atomic mass is 9.97. The number of benzene rings is 1. The van der Waals surface area contributed by atoms with Crippen LogP contribution < -0.4 is 5.73 Å². The van der Waals surface area contributed by atoms with Crippen LogP contribution in [0.2, 0.25) is 0 Å². The number of nitrogens with two attached hydrogens (primary N) is 1. The highest BCUT2D eigenvalue weighted by atomic mass is 16.4. The molecule has 2 atom stereocenters. The second-order valence-electron chi connectivity index (χ2n) is 6.65. The third-order valence-electron chi connectivity index (χ3n) is 4.85. The number of aliphatic carboxylic acids is 1. The van der Waals surface area contributed by atoms with Gasteiger partial charge < -0.3 is 10.8 Å². The molecule has 1 aromatic carbocycles. The summed E-state index contributed by atoms with van der Waals surface area (Å²) < 4.78 is 0. The van der Waals surface area contributed by atoms with E-state index in [-0.39, 0.29) is 5.92 Å². The van der Waals surface area contributed by atoms with Crippen LogP contribution in [0, 0.1) is 5.92 Å². The maximum Gasteiger partial charge on any atom is 0.320 e. The highest BCUT2D eigenvalue weighted by molar-refractivity contribution is 5.73. The summed E-state index contributed by atoms with van der Waals surface area (Å²) in [6.45, 7) is 2.24. The van der Waals surface area contributed by atoms with Crippen molar-refractivity contribution in [2.75, 3.05) is 0 Å². The van der Waals surface area contributed by atoms with Gasteiger partial charge in [-0.05, 0) is 48.3 Å². The molecule has 1 aromatic rings. The Hall–Kier alpha value is -1.35. The third kappa shape index (κ3) is 4.57. The van der Waals surface area contributed by atoms with Crippen molar-refractivity contribution >= 4 is 5.97 Å². The Morgan fingerprint density at radius 3 is 2.59 bits per heavy atom. The zero-order valence-corrected chi connectivity index (χ0v) is 13.7. The molecule has 3 N–H and O–H groups in total. The molecule has 3 nitrogen and oxygen atoms in total. The molecular weight excluding hydrogens is 274 g/mol. The summed E-state index contributed by atoms with van der Waals surface area (Å²) in [7, 11) is 0. The van der Waals surface area contributed by atoms with Gasteiger partial charge in [-0.25, -0.2) is 0 Å². The van der Waals surface area contributed by atoms with E-state index < -0.39 is 12.0 Å². The van der Waals surface area contributed by atoms with Gasteiger partial charge in [0.1, 0.15) is 6.04 Å². The highest BCUT2D eigenvalue weighted by Crippen LogP contribution is 2.29. The van der Waals surface area contributed by atoms with Crippen molar-refractivity contribution in [3.63, 3.8) is 0 Å². The average Bonchev–Trinajstić information content (AvgIpc) is 2.92. The van der Waals surface area contributed by atoms with E-state index in [9.17, 15) is 4.79 Å². The molecule has 0 saturated heterocycles. The number of hydrogen-bond acceptors (Lipinski definition) is 2. The zero-order chi connectivity index (χ0) is 15.9. The maximum atomic E-state index is 11.0. The van der Waals surface area contributed by atoms with Crippen LogP contribution in [0.5, 0.6) is 0 Å². The van der Waals surface area contributed by atoms with Crippen LogP contribution in [-0.2, 0) is 24.1 Å². The van der Waals surface area contributed by atoms with Gasteiger partial charge in [0.05, 0.1) is 0 Å². The summed E-state index contributed by atoms with van der Waals surface area (Å²) in [6, 6.07) is 5.92. The Morgan fingerprint density at radius 1 is 1.18 bits per heavy atom. The molecule has 0 radical (unpaired) electrons. The third-order valence-corrected chi connectivity index (χ3v) is 4.85. The minimum atomic E-state index is -0.884. The first kappa shape index (κ1) is 17.0.